The lowest BCUT2D eigenvalue weighted by molar-refractivity contribution is -0.161. The van der Waals surface area contributed by atoms with Crippen molar-refractivity contribution in [1.29, 1.82) is 0 Å². The molecule has 0 heterocycles. The molecule has 2 aromatic carbocycles. The molecular weight excluding hydrogens is 520 g/mol. The van der Waals surface area contributed by atoms with Crippen LogP contribution in [0.2, 0.25) is 0 Å². The highest BCUT2D eigenvalue weighted by atomic mass is 16.7. The van der Waals surface area contributed by atoms with Crippen LogP contribution in [0.4, 0.5) is 4.79 Å². The number of benzene rings is 2. The maximum Gasteiger partial charge on any atom is 0.407 e. The molecule has 1 aliphatic rings. The Labute approximate surface area is 245 Å². The Morgan fingerprint density at radius 2 is 1.49 bits per heavy atom. The van der Waals surface area contributed by atoms with Crippen LogP contribution in [0.15, 0.2) is 48.5 Å². The van der Waals surface area contributed by atoms with E-state index < -0.39 is 24.0 Å². The fourth-order valence-corrected chi connectivity index (χ4v) is 4.92. The van der Waals surface area contributed by atoms with E-state index in [9.17, 15) is 9.59 Å². The lowest BCUT2D eigenvalue weighted by Crippen LogP contribution is -2.54. The van der Waals surface area contributed by atoms with Crippen LogP contribution in [0.1, 0.15) is 71.9 Å². The van der Waals surface area contributed by atoms with Crippen LogP contribution in [0.3, 0.4) is 0 Å². The van der Waals surface area contributed by atoms with E-state index in [-0.39, 0.29) is 31.6 Å². The van der Waals surface area contributed by atoms with Crippen molar-refractivity contribution in [2.75, 3.05) is 39.5 Å². The minimum atomic E-state index is -0.930. The first kappa shape index (κ1) is 32.6. The molecule has 0 unspecified atom stereocenters. The first-order chi connectivity index (χ1) is 19.5. The summed E-state index contributed by atoms with van der Waals surface area (Å²) in [6.45, 7) is 15.6. The van der Waals surface area contributed by atoms with Crippen LogP contribution in [-0.2, 0) is 23.7 Å². The van der Waals surface area contributed by atoms with Gasteiger partial charge in [-0.15, -0.1) is 0 Å². The van der Waals surface area contributed by atoms with Crippen LogP contribution < -0.4 is 5.32 Å². The first-order valence-corrected chi connectivity index (χ1v) is 14.8. The fourth-order valence-electron chi connectivity index (χ4n) is 4.92. The Hall–Kier alpha value is -2.94. The number of hydrogen-bond donors (Lipinski definition) is 1. The summed E-state index contributed by atoms with van der Waals surface area (Å²) in [5, 5.41) is 2.81. The van der Waals surface area contributed by atoms with E-state index in [0.717, 1.165) is 28.7 Å². The van der Waals surface area contributed by atoms with Gasteiger partial charge in [-0.05, 0) is 69.2 Å². The average Bonchev–Trinajstić information content (AvgIpc) is 3.25. The van der Waals surface area contributed by atoms with Gasteiger partial charge >= 0.3 is 6.09 Å². The van der Waals surface area contributed by atoms with Crippen molar-refractivity contribution in [3.8, 4) is 11.1 Å². The Balaban J connectivity index is 1.75. The lowest BCUT2D eigenvalue weighted by atomic mass is 9.98. The van der Waals surface area contributed by atoms with Crippen molar-refractivity contribution in [3.05, 3.63) is 59.7 Å². The smallest absolute Gasteiger partial charge is 0.407 e. The number of rotatable bonds is 15. The van der Waals surface area contributed by atoms with Gasteiger partial charge in [0.2, 0.25) is 5.91 Å². The number of fused-ring (bicyclic) bond motifs is 3. The lowest BCUT2D eigenvalue weighted by Gasteiger charge is -2.32. The molecule has 0 radical (unpaired) electrons. The van der Waals surface area contributed by atoms with Gasteiger partial charge in [0.15, 0.2) is 6.29 Å². The number of alkyl carbamates (subject to hydrolysis) is 1. The van der Waals surface area contributed by atoms with Crippen molar-refractivity contribution in [1.82, 2.24) is 10.2 Å². The second-order valence-electron chi connectivity index (χ2n) is 11.8. The Morgan fingerprint density at radius 3 is 2.00 bits per heavy atom. The van der Waals surface area contributed by atoms with Crippen LogP contribution in [-0.4, -0.2) is 74.4 Å². The summed E-state index contributed by atoms with van der Waals surface area (Å²) in [4.78, 5) is 28.8. The number of carbonyl (C=O) groups is 2. The molecule has 0 aliphatic heterocycles. The molecule has 1 N–H and O–H groups in total. The standard InChI is InChI=1S/C33H48N2O6/c1-8-38-30(39-9-2)20-35(19-18-23(3)4)31(36)29(22-41-33(5,6)7)34-32(37)40-21-28-26-16-12-10-14-24(26)25-15-11-13-17-27(25)28/h10-17,23,28-30H,8-9,18-22H2,1-7H3,(H,34,37)/t29-/m0/s1. The molecule has 0 saturated heterocycles. The molecule has 2 aromatic rings. The van der Waals surface area contributed by atoms with E-state index in [1.165, 1.54) is 0 Å². The molecule has 0 fully saturated rings. The molecule has 0 aromatic heterocycles. The van der Waals surface area contributed by atoms with Crippen LogP contribution in [0.25, 0.3) is 11.1 Å². The van der Waals surface area contributed by atoms with Gasteiger partial charge in [-0.2, -0.15) is 0 Å². The van der Waals surface area contributed by atoms with Gasteiger partial charge < -0.3 is 29.2 Å². The summed E-state index contributed by atoms with van der Waals surface area (Å²) in [5.41, 5.74) is 4.07. The molecule has 3 rings (SSSR count). The average molecular weight is 569 g/mol. The maximum absolute atomic E-state index is 13.9. The Morgan fingerprint density at radius 1 is 0.927 bits per heavy atom. The Bertz CT molecular complexity index is 1080. The van der Waals surface area contributed by atoms with Crippen LogP contribution in [0, 0.1) is 5.92 Å². The SMILES string of the molecule is CCOC(CN(CCC(C)C)C(=O)[C@H](COC(C)(C)C)NC(=O)OCC1c2ccccc2-c2ccccc21)OCC. The van der Waals surface area contributed by atoms with Gasteiger partial charge in [0.05, 0.1) is 18.8 Å². The zero-order valence-corrected chi connectivity index (χ0v) is 25.8. The van der Waals surface area contributed by atoms with Crippen molar-refractivity contribution in [2.24, 2.45) is 5.92 Å². The second kappa shape index (κ2) is 15.3. The van der Waals surface area contributed by atoms with Gasteiger partial charge in [-0.1, -0.05) is 62.4 Å². The van der Waals surface area contributed by atoms with Gasteiger partial charge in [0, 0.05) is 25.7 Å². The summed E-state index contributed by atoms with van der Waals surface area (Å²) in [6, 6.07) is 15.4. The number of amides is 2. The highest BCUT2D eigenvalue weighted by Gasteiger charge is 2.32. The Kier molecular flexibility index (Phi) is 12.2. The molecule has 226 valence electrons. The molecule has 1 aliphatic carbocycles. The topological polar surface area (TPSA) is 86.3 Å². The minimum Gasteiger partial charge on any atom is -0.449 e. The number of nitrogens with zero attached hydrogens (tertiary/aromatic N) is 1. The number of hydrogen-bond acceptors (Lipinski definition) is 6. The molecule has 8 heteroatoms. The van der Waals surface area contributed by atoms with Gasteiger partial charge in [0.1, 0.15) is 12.6 Å². The van der Waals surface area contributed by atoms with Gasteiger partial charge in [0.25, 0.3) is 0 Å². The van der Waals surface area contributed by atoms with Gasteiger partial charge in [-0.25, -0.2) is 4.79 Å². The normalized spacial score (nSPS) is 13.7. The van der Waals surface area contributed by atoms with Crippen molar-refractivity contribution in [3.63, 3.8) is 0 Å². The largest absolute Gasteiger partial charge is 0.449 e. The third kappa shape index (κ3) is 9.55. The van der Waals surface area contributed by atoms with Gasteiger partial charge in [-0.3, -0.25) is 4.79 Å². The summed E-state index contributed by atoms with van der Waals surface area (Å²) >= 11 is 0. The molecule has 8 nitrogen and oxygen atoms in total. The highest BCUT2D eigenvalue weighted by molar-refractivity contribution is 5.86. The highest BCUT2D eigenvalue weighted by Crippen LogP contribution is 2.44. The molecule has 0 spiro atoms. The fraction of sp³-hybridized carbons (Fsp3) is 0.576. The van der Waals surface area contributed by atoms with Crippen molar-refractivity contribution < 1.29 is 28.5 Å². The number of nitrogens with one attached hydrogen (secondary N) is 1. The zero-order valence-electron chi connectivity index (χ0n) is 25.8. The predicted molar refractivity (Wildman–Crippen MR) is 161 cm³/mol. The van der Waals surface area contributed by atoms with E-state index in [0.29, 0.717) is 25.7 Å². The van der Waals surface area contributed by atoms with E-state index in [1.807, 2.05) is 58.9 Å². The van der Waals surface area contributed by atoms with E-state index >= 15 is 0 Å². The summed E-state index contributed by atoms with van der Waals surface area (Å²) in [5.74, 6) is 0.0592. The van der Waals surface area contributed by atoms with E-state index in [1.54, 1.807) is 4.90 Å². The summed E-state index contributed by atoms with van der Waals surface area (Å²) < 4.78 is 23.2. The molecule has 0 bridgehead atoms. The monoisotopic (exact) mass is 568 g/mol. The zero-order chi connectivity index (χ0) is 30.0. The van der Waals surface area contributed by atoms with Crippen LogP contribution >= 0.6 is 0 Å². The third-order valence-electron chi connectivity index (χ3n) is 6.98. The van der Waals surface area contributed by atoms with Crippen molar-refractivity contribution in [2.45, 2.75) is 78.7 Å². The summed E-state index contributed by atoms with van der Waals surface area (Å²) in [6.07, 6.45) is -0.411. The molecular formula is C33H48N2O6. The van der Waals surface area contributed by atoms with Crippen molar-refractivity contribution >= 4 is 12.0 Å². The predicted octanol–water partition coefficient (Wildman–Crippen LogP) is 5.98. The minimum absolute atomic E-state index is 0.0125. The summed E-state index contributed by atoms with van der Waals surface area (Å²) in [7, 11) is 0. The maximum atomic E-state index is 13.9. The second-order valence-corrected chi connectivity index (χ2v) is 11.8. The number of ether oxygens (including phenoxy) is 4. The molecule has 0 saturated carbocycles. The van der Waals surface area contributed by atoms with E-state index in [4.69, 9.17) is 18.9 Å². The van der Waals surface area contributed by atoms with E-state index in [2.05, 4.69) is 43.4 Å². The first-order valence-electron chi connectivity index (χ1n) is 14.8. The molecule has 2 amide bonds. The molecule has 41 heavy (non-hydrogen) atoms. The molecule has 1 atom stereocenters. The number of carbonyl (C=O) groups excluding carboxylic acids is 2. The quantitative estimate of drug-likeness (QED) is 0.266. The third-order valence-corrected chi connectivity index (χ3v) is 6.98. The van der Waals surface area contributed by atoms with Crippen LogP contribution in [0.5, 0.6) is 0 Å².